The van der Waals surface area contributed by atoms with Gasteiger partial charge in [0.1, 0.15) is 40.5 Å². The molecule has 4 amide bonds. The Morgan fingerprint density at radius 1 is 0.828 bits per heavy atom. The van der Waals surface area contributed by atoms with E-state index in [9.17, 15) is 19.2 Å². The Hall–Kier alpha value is -8.23. The maximum Gasteiger partial charge on any atom is 0.276 e. The standard InChI is InChI=1S/C43H51N15O6/c1-7-48-32(17-25(3)44)40(61)52-42-50-30-19-27(38(45)59)21-34(63-6)36(30)56(42)14-9-10-15-57-37-31(51-43(57)53-41(62)33-18-26(4)54-58(33)8-2)20-28(39(46)60)22-35(37)64-16-12-11-13-55-24-29(47-5)23-49-55/h9-12,17-24,47H,7-8,13-16,44H2,1-6H3,(H2,45,59)(H2,46,60)(H,50,52,61)(H,51,53,62)/b10-9+,12-11+,25-17-,48-32?. The second-order valence-electron chi connectivity index (χ2n) is 14.3. The van der Waals surface area contributed by atoms with E-state index in [0.29, 0.717) is 58.8 Å². The Kier molecular flexibility index (Phi) is 14.2. The van der Waals surface area contributed by atoms with Gasteiger partial charge in [0.05, 0.1) is 42.3 Å². The molecule has 0 aliphatic carbocycles. The molecule has 4 aromatic heterocycles. The first-order valence-electron chi connectivity index (χ1n) is 20.3. The summed E-state index contributed by atoms with van der Waals surface area (Å²) < 4.78 is 18.7. The first kappa shape index (κ1) is 45.3. The van der Waals surface area contributed by atoms with E-state index in [-0.39, 0.29) is 59.9 Å². The summed E-state index contributed by atoms with van der Waals surface area (Å²) in [4.78, 5) is 65.8. The van der Waals surface area contributed by atoms with Crippen LogP contribution in [0.3, 0.4) is 0 Å². The molecule has 21 nitrogen and oxygen atoms in total. The van der Waals surface area contributed by atoms with Gasteiger partial charge in [0.15, 0.2) is 0 Å². The summed E-state index contributed by atoms with van der Waals surface area (Å²) in [7, 11) is 3.26. The van der Waals surface area contributed by atoms with Gasteiger partial charge in [0.2, 0.25) is 23.7 Å². The number of carbonyl (C=O) groups is 4. The van der Waals surface area contributed by atoms with Gasteiger partial charge in [-0.05, 0) is 70.2 Å². The number of aromatic nitrogens is 8. The van der Waals surface area contributed by atoms with Crippen LogP contribution < -0.4 is 42.6 Å². The third kappa shape index (κ3) is 10.3. The highest BCUT2D eigenvalue weighted by atomic mass is 16.5. The number of nitrogens with zero attached hydrogens (tertiary/aromatic N) is 9. The lowest BCUT2D eigenvalue weighted by atomic mass is 10.1. The first-order valence-corrected chi connectivity index (χ1v) is 20.3. The van der Waals surface area contributed by atoms with E-state index in [1.165, 1.54) is 37.5 Å². The van der Waals surface area contributed by atoms with Crippen LogP contribution >= 0.6 is 0 Å². The molecule has 0 aliphatic rings. The number of imidazole rings is 2. The molecule has 0 fully saturated rings. The highest BCUT2D eigenvalue weighted by Crippen LogP contribution is 2.33. The fourth-order valence-electron chi connectivity index (χ4n) is 6.77. The Morgan fingerprint density at radius 3 is 2.00 bits per heavy atom. The van der Waals surface area contributed by atoms with E-state index >= 15 is 0 Å². The number of methoxy groups -OCH3 is 1. The average Bonchev–Trinajstić information content (AvgIpc) is 4.05. The predicted molar refractivity (Wildman–Crippen MR) is 244 cm³/mol. The van der Waals surface area contributed by atoms with Crippen molar-refractivity contribution in [2.45, 2.75) is 53.9 Å². The Bertz CT molecular complexity index is 2850. The van der Waals surface area contributed by atoms with E-state index in [0.717, 1.165) is 5.69 Å². The van der Waals surface area contributed by atoms with Crippen molar-refractivity contribution < 1.29 is 28.7 Å². The number of allylic oxidation sites excluding steroid dienone is 4. The average molecular weight is 874 g/mol. The number of hydrogen-bond donors (Lipinski definition) is 6. The molecule has 6 rings (SSSR count). The van der Waals surface area contributed by atoms with Crippen LogP contribution in [0.25, 0.3) is 22.1 Å². The van der Waals surface area contributed by atoms with Crippen LogP contribution in [0.2, 0.25) is 0 Å². The number of nitrogens with two attached hydrogens (primary N) is 3. The molecule has 9 N–H and O–H groups in total. The summed E-state index contributed by atoms with van der Waals surface area (Å²) in [6, 6.07) is 7.75. The van der Waals surface area contributed by atoms with Crippen LogP contribution in [0.4, 0.5) is 17.6 Å². The zero-order chi connectivity index (χ0) is 46.1. The summed E-state index contributed by atoms with van der Waals surface area (Å²) in [6.45, 7) is 8.74. The maximum absolute atomic E-state index is 13.8. The number of aryl methyl sites for hydroxylation is 2. The number of hydrogen-bond acceptors (Lipinski definition) is 13. The summed E-state index contributed by atoms with van der Waals surface area (Å²) in [6.07, 6.45) is 12.4. The van der Waals surface area contributed by atoms with Crippen molar-refractivity contribution in [3.8, 4) is 11.5 Å². The number of anilines is 3. The molecule has 0 aliphatic heterocycles. The van der Waals surface area contributed by atoms with Gasteiger partial charge in [-0.3, -0.25) is 44.2 Å². The Labute approximate surface area is 367 Å². The molecule has 0 atom stereocenters. The van der Waals surface area contributed by atoms with Crippen LogP contribution in [-0.2, 0) is 31.0 Å². The topological polar surface area (TPSA) is 285 Å². The zero-order valence-electron chi connectivity index (χ0n) is 36.4. The third-order valence-corrected chi connectivity index (χ3v) is 9.67. The van der Waals surface area contributed by atoms with E-state index in [1.54, 1.807) is 51.5 Å². The molecular weight excluding hydrogens is 823 g/mol. The monoisotopic (exact) mass is 873 g/mol. The smallest absolute Gasteiger partial charge is 0.276 e. The molecule has 2 aromatic carbocycles. The molecule has 0 spiro atoms. The number of carbonyl (C=O) groups excluding carboxylic acids is 4. The molecule has 0 bridgehead atoms. The predicted octanol–water partition coefficient (Wildman–Crippen LogP) is 3.76. The molecule has 6 aromatic rings. The molecule has 64 heavy (non-hydrogen) atoms. The number of rotatable bonds is 20. The molecule has 334 valence electrons. The lowest BCUT2D eigenvalue weighted by Crippen LogP contribution is -2.24. The second-order valence-corrected chi connectivity index (χ2v) is 14.3. The minimum absolute atomic E-state index is 0.0918. The highest BCUT2D eigenvalue weighted by Gasteiger charge is 2.23. The van der Waals surface area contributed by atoms with E-state index in [4.69, 9.17) is 31.7 Å². The van der Waals surface area contributed by atoms with E-state index < -0.39 is 23.6 Å². The fourth-order valence-corrected chi connectivity index (χ4v) is 6.77. The molecule has 0 saturated heterocycles. The third-order valence-electron chi connectivity index (χ3n) is 9.67. The van der Waals surface area contributed by atoms with Gasteiger partial charge in [-0.15, -0.1) is 0 Å². The number of fused-ring (bicyclic) bond motifs is 2. The Morgan fingerprint density at radius 2 is 1.44 bits per heavy atom. The van der Waals surface area contributed by atoms with Crippen molar-refractivity contribution >= 4 is 69.0 Å². The van der Waals surface area contributed by atoms with Crippen molar-refractivity contribution in [3.63, 3.8) is 0 Å². The lowest BCUT2D eigenvalue weighted by molar-refractivity contribution is -0.110. The minimum Gasteiger partial charge on any atom is -0.494 e. The normalized spacial score (nSPS) is 12.2. The highest BCUT2D eigenvalue weighted by molar-refractivity contribution is 6.47. The molecular formula is C43H51N15O6. The lowest BCUT2D eigenvalue weighted by Gasteiger charge is -2.13. The summed E-state index contributed by atoms with van der Waals surface area (Å²) in [5.41, 5.74) is 21.5. The van der Waals surface area contributed by atoms with Crippen LogP contribution in [0.1, 0.15) is 57.7 Å². The van der Waals surface area contributed by atoms with Crippen LogP contribution in [0.15, 0.2) is 83.8 Å². The number of nitrogens with one attached hydrogen (secondary N) is 3. The molecule has 0 radical (unpaired) electrons. The SMILES string of the molecule is CCN=C(/C=C(/C)N)C(=O)Nc1nc2cc(C(N)=O)cc(OC)c2n1C/C=C/Cn1c(NC(=O)c2cc(C)nn2CC)nc2cc(C(N)=O)cc(OC/C=C/Cn3cc(NC)cn3)c21. The van der Waals surface area contributed by atoms with E-state index in [2.05, 4.69) is 36.1 Å². The number of amides is 4. The summed E-state index contributed by atoms with van der Waals surface area (Å²) in [5.74, 6) is -1.55. The quantitative estimate of drug-likeness (QED) is 0.0473. The maximum atomic E-state index is 13.8. The largest absolute Gasteiger partial charge is 0.494 e. The van der Waals surface area contributed by atoms with Crippen LogP contribution in [0, 0.1) is 6.92 Å². The first-order chi connectivity index (χ1) is 30.7. The number of primary amides is 2. The minimum atomic E-state index is -0.695. The molecule has 21 heteroatoms. The van der Waals surface area contributed by atoms with Gasteiger partial charge in [0, 0.05) is 56.2 Å². The summed E-state index contributed by atoms with van der Waals surface area (Å²) in [5, 5.41) is 17.5. The molecule has 0 saturated carbocycles. The van der Waals surface area contributed by atoms with Gasteiger partial charge in [0.25, 0.3) is 11.8 Å². The van der Waals surface area contributed by atoms with Gasteiger partial charge >= 0.3 is 0 Å². The van der Waals surface area contributed by atoms with Crippen molar-refractivity contribution in [2.24, 2.45) is 22.2 Å². The van der Waals surface area contributed by atoms with Crippen molar-refractivity contribution in [2.75, 3.05) is 43.3 Å². The zero-order valence-corrected chi connectivity index (χ0v) is 36.4. The number of benzene rings is 2. The van der Waals surface area contributed by atoms with Gasteiger partial charge in [-0.25, -0.2) is 9.97 Å². The molecule has 4 heterocycles. The summed E-state index contributed by atoms with van der Waals surface area (Å²) >= 11 is 0. The number of aliphatic imine (C=N–C) groups is 1. The van der Waals surface area contributed by atoms with Crippen LogP contribution in [0.5, 0.6) is 11.5 Å². The second kappa shape index (κ2) is 20.1. The van der Waals surface area contributed by atoms with Gasteiger partial charge in [-0.1, -0.05) is 18.2 Å². The van der Waals surface area contributed by atoms with Crippen molar-refractivity contribution in [1.82, 2.24) is 38.7 Å². The van der Waals surface area contributed by atoms with E-state index in [1.807, 2.05) is 44.5 Å². The van der Waals surface area contributed by atoms with Crippen LogP contribution in [-0.4, -0.2) is 95.3 Å². The van der Waals surface area contributed by atoms with Gasteiger partial charge in [-0.2, -0.15) is 10.2 Å². The number of ether oxygens (including phenoxy) is 2. The fraction of sp³-hybridized carbons (Fsp3) is 0.279. The van der Waals surface area contributed by atoms with Crippen molar-refractivity contribution in [3.05, 3.63) is 101 Å². The van der Waals surface area contributed by atoms with Crippen molar-refractivity contribution in [1.29, 1.82) is 0 Å². The van der Waals surface area contributed by atoms with Gasteiger partial charge < -0.3 is 41.1 Å². The molecule has 0 unspecified atom stereocenters. The Balaban J connectivity index is 1.39.